The lowest BCUT2D eigenvalue weighted by molar-refractivity contribution is 0.272. The van der Waals surface area contributed by atoms with Crippen molar-refractivity contribution in [1.29, 1.82) is 0 Å². The molecule has 28 heavy (non-hydrogen) atoms. The van der Waals surface area contributed by atoms with Crippen LogP contribution < -0.4 is 10.4 Å². The first kappa shape index (κ1) is 19.4. The third kappa shape index (κ3) is 4.07. The molecule has 1 aliphatic carbocycles. The Kier molecular flexibility index (Phi) is 5.67. The van der Waals surface area contributed by atoms with Crippen molar-refractivity contribution < 1.29 is 13.5 Å². The maximum absolute atomic E-state index is 13.5. The van der Waals surface area contributed by atoms with Gasteiger partial charge in [-0.3, -0.25) is 4.57 Å². The summed E-state index contributed by atoms with van der Waals surface area (Å²) in [5.41, 5.74) is 1.01. The lowest BCUT2D eigenvalue weighted by Crippen LogP contribution is -2.29. The number of ether oxygens (including phenoxy) is 1. The zero-order valence-corrected chi connectivity index (χ0v) is 16.4. The standard InChI is InChI=1S/C21H23ClF2N2O2/c22-17-8-13(9-18(23)20(17)24)12-28-19-10-16-7-6-14-4-2-1-3-5-15(14)11-26(16)21(27)25-19/h8-10,14-15H,1-7,11-12H2/t14-,15?/m1/s1. The summed E-state index contributed by atoms with van der Waals surface area (Å²) in [7, 11) is 0. The van der Waals surface area contributed by atoms with Gasteiger partial charge in [0.25, 0.3) is 0 Å². The monoisotopic (exact) mass is 408 g/mol. The van der Waals surface area contributed by atoms with Gasteiger partial charge in [-0.05, 0) is 48.8 Å². The summed E-state index contributed by atoms with van der Waals surface area (Å²) >= 11 is 5.67. The van der Waals surface area contributed by atoms with Gasteiger partial charge in [0.2, 0.25) is 5.88 Å². The van der Waals surface area contributed by atoms with Gasteiger partial charge in [0.1, 0.15) is 6.61 Å². The Balaban J connectivity index is 1.53. The summed E-state index contributed by atoms with van der Waals surface area (Å²) in [6.45, 7) is 0.683. The predicted octanol–water partition coefficient (Wildman–Crippen LogP) is 4.90. The summed E-state index contributed by atoms with van der Waals surface area (Å²) < 4.78 is 34.2. The van der Waals surface area contributed by atoms with Crippen LogP contribution in [0.5, 0.6) is 5.88 Å². The summed E-state index contributed by atoms with van der Waals surface area (Å²) in [5.74, 6) is -0.697. The third-order valence-corrected chi connectivity index (χ3v) is 6.28. The topological polar surface area (TPSA) is 44.1 Å². The second-order valence-electron chi connectivity index (χ2n) is 7.84. The lowest BCUT2D eigenvalue weighted by atomic mass is 9.85. The van der Waals surface area contributed by atoms with E-state index in [0.29, 0.717) is 17.4 Å². The number of nitrogens with zero attached hydrogens (tertiary/aromatic N) is 2. The SMILES string of the molecule is O=c1nc(OCc2cc(F)c(F)c(Cl)c2)cc2n1CC1CCCCC[C@@H]1CC2. The molecule has 7 heteroatoms. The van der Waals surface area contributed by atoms with Crippen molar-refractivity contribution >= 4 is 11.6 Å². The first-order valence-electron chi connectivity index (χ1n) is 9.88. The average Bonchev–Trinajstić information content (AvgIpc) is 2.98. The van der Waals surface area contributed by atoms with Crippen LogP contribution in [0.4, 0.5) is 8.78 Å². The first-order valence-corrected chi connectivity index (χ1v) is 10.3. The highest BCUT2D eigenvalue weighted by Crippen LogP contribution is 2.35. The fraction of sp³-hybridized carbons (Fsp3) is 0.524. The maximum atomic E-state index is 13.5. The van der Waals surface area contributed by atoms with E-state index in [-0.39, 0.29) is 23.2 Å². The molecule has 4 nitrogen and oxygen atoms in total. The van der Waals surface area contributed by atoms with E-state index in [4.69, 9.17) is 16.3 Å². The summed E-state index contributed by atoms with van der Waals surface area (Å²) in [6, 6.07) is 4.14. The van der Waals surface area contributed by atoms with Crippen molar-refractivity contribution in [2.24, 2.45) is 11.8 Å². The molecule has 0 radical (unpaired) electrons. The maximum Gasteiger partial charge on any atom is 0.351 e. The Morgan fingerprint density at radius 2 is 1.89 bits per heavy atom. The van der Waals surface area contributed by atoms with Gasteiger partial charge in [-0.1, -0.05) is 37.3 Å². The van der Waals surface area contributed by atoms with Gasteiger partial charge in [0.15, 0.2) is 11.6 Å². The molecule has 2 atom stereocenters. The Hall–Kier alpha value is -1.95. The summed E-state index contributed by atoms with van der Waals surface area (Å²) in [6.07, 6.45) is 8.10. The molecule has 4 rings (SSSR count). The second-order valence-corrected chi connectivity index (χ2v) is 8.25. The summed E-state index contributed by atoms with van der Waals surface area (Å²) in [4.78, 5) is 16.7. The van der Waals surface area contributed by atoms with E-state index in [9.17, 15) is 13.6 Å². The molecule has 1 aromatic carbocycles. The first-order chi connectivity index (χ1) is 13.5. The Bertz CT molecular complexity index is 908. The van der Waals surface area contributed by atoms with Crippen LogP contribution in [0.1, 0.15) is 49.8 Å². The molecule has 0 saturated heterocycles. The van der Waals surface area contributed by atoms with Gasteiger partial charge in [-0.15, -0.1) is 0 Å². The Morgan fingerprint density at radius 1 is 1.11 bits per heavy atom. The Morgan fingerprint density at radius 3 is 2.68 bits per heavy atom. The van der Waals surface area contributed by atoms with Crippen molar-refractivity contribution in [2.75, 3.05) is 0 Å². The van der Waals surface area contributed by atoms with E-state index in [1.54, 1.807) is 10.6 Å². The number of aryl methyl sites for hydroxylation is 1. The predicted molar refractivity (Wildman–Crippen MR) is 103 cm³/mol. The molecule has 1 saturated carbocycles. The van der Waals surface area contributed by atoms with E-state index in [0.717, 1.165) is 31.1 Å². The van der Waals surface area contributed by atoms with Crippen LogP contribution in [0.15, 0.2) is 23.0 Å². The smallest absolute Gasteiger partial charge is 0.351 e. The number of rotatable bonds is 3. The molecule has 0 N–H and O–H groups in total. The van der Waals surface area contributed by atoms with Gasteiger partial charge in [-0.25, -0.2) is 13.6 Å². The highest BCUT2D eigenvalue weighted by molar-refractivity contribution is 6.30. The third-order valence-electron chi connectivity index (χ3n) is 6.01. The fourth-order valence-corrected chi connectivity index (χ4v) is 4.74. The van der Waals surface area contributed by atoms with Crippen LogP contribution in [0.3, 0.4) is 0 Å². The van der Waals surface area contributed by atoms with Crippen molar-refractivity contribution in [3.05, 3.63) is 56.6 Å². The van der Waals surface area contributed by atoms with Gasteiger partial charge in [0, 0.05) is 18.3 Å². The van der Waals surface area contributed by atoms with Gasteiger partial charge in [0.05, 0.1) is 5.02 Å². The number of halogens is 3. The molecule has 0 amide bonds. The molecule has 0 spiro atoms. The molecule has 2 aromatic rings. The quantitative estimate of drug-likeness (QED) is 0.679. The van der Waals surface area contributed by atoms with Crippen LogP contribution in [-0.2, 0) is 19.6 Å². The molecule has 2 aliphatic rings. The highest BCUT2D eigenvalue weighted by atomic mass is 35.5. The molecule has 1 aromatic heterocycles. The second kappa shape index (κ2) is 8.19. The van der Waals surface area contributed by atoms with Crippen LogP contribution in [0.2, 0.25) is 5.02 Å². The van der Waals surface area contributed by atoms with E-state index < -0.39 is 11.6 Å². The molecule has 1 aliphatic heterocycles. The molecular weight excluding hydrogens is 386 g/mol. The van der Waals surface area contributed by atoms with Gasteiger partial charge in [-0.2, -0.15) is 4.98 Å². The normalized spacial score (nSPS) is 22.0. The summed E-state index contributed by atoms with van der Waals surface area (Å²) in [5, 5.41) is -0.299. The van der Waals surface area contributed by atoms with Crippen molar-refractivity contribution in [3.63, 3.8) is 0 Å². The molecule has 0 bridgehead atoms. The Labute approximate surface area is 167 Å². The van der Waals surface area contributed by atoms with Crippen molar-refractivity contribution in [2.45, 2.75) is 58.1 Å². The minimum Gasteiger partial charge on any atom is -0.473 e. The van der Waals surface area contributed by atoms with Crippen LogP contribution in [0.25, 0.3) is 0 Å². The van der Waals surface area contributed by atoms with E-state index in [2.05, 4.69) is 4.98 Å². The number of hydrogen-bond donors (Lipinski definition) is 0. The minimum atomic E-state index is -1.08. The van der Waals surface area contributed by atoms with E-state index >= 15 is 0 Å². The van der Waals surface area contributed by atoms with Crippen molar-refractivity contribution in [1.82, 2.24) is 9.55 Å². The lowest BCUT2D eigenvalue weighted by Gasteiger charge is -2.22. The number of hydrogen-bond acceptors (Lipinski definition) is 3. The highest BCUT2D eigenvalue weighted by Gasteiger charge is 2.28. The molecule has 1 fully saturated rings. The van der Waals surface area contributed by atoms with Gasteiger partial charge >= 0.3 is 5.69 Å². The van der Waals surface area contributed by atoms with E-state index in [1.807, 2.05) is 0 Å². The zero-order chi connectivity index (χ0) is 19.7. The molecule has 150 valence electrons. The van der Waals surface area contributed by atoms with Crippen LogP contribution >= 0.6 is 11.6 Å². The average molecular weight is 409 g/mol. The molecule has 2 heterocycles. The van der Waals surface area contributed by atoms with Gasteiger partial charge < -0.3 is 4.74 Å². The number of fused-ring (bicyclic) bond motifs is 2. The molecular formula is C21H23ClF2N2O2. The largest absolute Gasteiger partial charge is 0.473 e. The number of benzene rings is 1. The number of aromatic nitrogens is 2. The molecule has 1 unspecified atom stereocenters. The van der Waals surface area contributed by atoms with Crippen LogP contribution in [0, 0.1) is 23.5 Å². The minimum absolute atomic E-state index is 0.0436. The van der Waals surface area contributed by atoms with E-state index in [1.165, 1.54) is 38.2 Å². The van der Waals surface area contributed by atoms with Crippen molar-refractivity contribution in [3.8, 4) is 5.88 Å². The fourth-order valence-electron chi connectivity index (χ4n) is 4.50. The zero-order valence-electron chi connectivity index (χ0n) is 15.6. The van der Waals surface area contributed by atoms with Crippen LogP contribution in [-0.4, -0.2) is 9.55 Å².